The van der Waals surface area contributed by atoms with Crippen LogP contribution in [0.1, 0.15) is 26.7 Å². The van der Waals surface area contributed by atoms with Crippen molar-refractivity contribution >= 4 is 0 Å². The second-order valence-corrected chi connectivity index (χ2v) is 3.58. The maximum Gasteiger partial charge on any atom is 0.0658 e. The summed E-state index contributed by atoms with van der Waals surface area (Å²) < 4.78 is 4.94. The van der Waals surface area contributed by atoms with Crippen molar-refractivity contribution < 1.29 is 9.84 Å². The first-order valence-corrected chi connectivity index (χ1v) is 4.46. The quantitative estimate of drug-likeness (QED) is 0.626. The van der Waals surface area contributed by atoms with Crippen LogP contribution in [0.3, 0.4) is 0 Å². The molecule has 0 aliphatic rings. The van der Waals surface area contributed by atoms with Crippen LogP contribution in [-0.2, 0) is 4.74 Å². The van der Waals surface area contributed by atoms with Gasteiger partial charge in [0.05, 0.1) is 5.60 Å². The molecule has 0 saturated carbocycles. The van der Waals surface area contributed by atoms with Gasteiger partial charge in [-0.25, -0.2) is 0 Å². The minimum absolute atomic E-state index is 0.237. The highest BCUT2D eigenvalue weighted by molar-refractivity contribution is 4.79. The number of nitrogens with two attached hydrogens (primary N) is 1. The Bertz CT molecular complexity index is 115. The zero-order chi connectivity index (χ0) is 9.61. The molecular formula is C9H21NO2. The monoisotopic (exact) mass is 175 g/mol. The third-order valence-corrected chi connectivity index (χ3v) is 2.47. The summed E-state index contributed by atoms with van der Waals surface area (Å²) >= 11 is 0. The maximum absolute atomic E-state index is 9.87. The first-order chi connectivity index (χ1) is 5.54. The molecule has 0 spiro atoms. The Balaban J connectivity index is 3.79. The van der Waals surface area contributed by atoms with Crippen molar-refractivity contribution in [3.63, 3.8) is 0 Å². The molecule has 12 heavy (non-hydrogen) atoms. The summed E-state index contributed by atoms with van der Waals surface area (Å²) in [6.07, 6.45) is 1.53. The van der Waals surface area contributed by atoms with E-state index >= 15 is 0 Å². The second-order valence-electron chi connectivity index (χ2n) is 3.58. The van der Waals surface area contributed by atoms with Gasteiger partial charge in [0.2, 0.25) is 0 Å². The Kier molecular flexibility index (Phi) is 5.46. The summed E-state index contributed by atoms with van der Waals surface area (Å²) in [4.78, 5) is 0. The molecule has 0 radical (unpaired) electrons. The fourth-order valence-corrected chi connectivity index (χ4v) is 1.14. The van der Waals surface area contributed by atoms with E-state index < -0.39 is 5.60 Å². The summed E-state index contributed by atoms with van der Waals surface area (Å²) in [5.41, 5.74) is 4.74. The molecular weight excluding hydrogens is 154 g/mol. The van der Waals surface area contributed by atoms with E-state index in [4.69, 9.17) is 10.5 Å². The van der Waals surface area contributed by atoms with E-state index in [0.717, 1.165) is 6.42 Å². The summed E-state index contributed by atoms with van der Waals surface area (Å²) in [6.45, 7) is 5.08. The summed E-state index contributed by atoms with van der Waals surface area (Å²) in [6, 6.07) is 0. The van der Waals surface area contributed by atoms with Crippen molar-refractivity contribution in [1.29, 1.82) is 0 Å². The van der Waals surface area contributed by atoms with E-state index in [-0.39, 0.29) is 5.92 Å². The second kappa shape index (κ2) is 5.51. The molecule has 2 unspecified atom stereocenters. The van der Waals surface area contributed by atoms with Crippen LogP contribution < -0.4 is 5.73 Å². The largest absolute Gasteiger partial charge is 0.390 e. The molecule has 0 aromatic carbocycles. The van der Waals surface area contributed by atoms with E-state index in [0.29, 0.717) is 19.6 Å². The van der Waals surface area contributed by atoms with E-state index in [9.17, 15) is 5.11 Å². The van der Waals surface area contributed by atoms with Gasteiger partial charge in [0.15, 0.2) is 0 Å². The predicted molar refractivity (Wildman–Crippen MR) is 50.0 cm³/mol. The number of aliphatic hydroxyl groups is 1. The van der Waals surface area contributed by atoms with E-state index in [1.54, 1.807) is 7.11 Å². The lowest BCUT2D eigenvalue weighted by Crippen LogP contribution is -2.35. The molecule has 0 aliphatic heterocycles. The molecule has 0 heterocycles. The number of hydrogen-bond donors (Lipinski definition) is 2. The Hall–Kier alpha value is -0.120. The van der Waals surface area contributed by atoms with Gasteiger partial charge in [-0.1, -0.05) is 6.92 Å². The first kappa shape index (κ1) is 11.9. The first-order valence-electron chi connectivity index (χ1n) is 4.46. The molecule has 2 atom stereocenters. The summed E-state index contributed by atoms with van der Waals surface area (Å²) in [5, 5.41) is 9.87. The van der Waals surface area contributed by atoms with Gasteiger partial charge in [-0.05, 0) is 32.2 Å². The standard InChI is InChI=1S/C9H21NO2/c1-8(4-7-12-3)9(2,11)5-6-10/h8,11H,4-7,10H2,1-3H3. The number of hydrogen-bond acceptors (Lipinski definition) is 3. The molecule has 0 bridgehead atoms. The maximum atomic E-state index is 9.87. The van der Waals surface area contributed by atoms with Crippen LogP contribution in [0.4, 0.5) is 0 Å². The molecule has 3 heteroatoms. The van der Waals surface area contributed by atoms with Gasteiger partial charge >= 0.3 is 0 Å². The highest BCUT2D eigenvalue weighted by Crippen LogP contribution is 2.22. The Labute approximate surface area is 74.9 Å². The van der Waals surface area contributed by atoms with Crippen molar-refractivity contribution in [3.05, 3.63) is 0 Å². The zero-order valence-corrected chi connectivity index (χ0v) is 8.34. The SMILES string of the molecule is COCCC(C)C(C)(O)CCN. The van der Waals surface area contributed by atoms with Crippen molar-refractivity contribution in [3.8, 4) is 0 Å². The van der Waals surface area contributed by atoms with Crippen LogP contribution in [0.15, 0.2) is 0 Å². The van der Waals surface area contributed by atoms with E-state index in [1.165, 1.54) is 0 Å². The molecule has 3 nitrogen and oxygen atoms in total. The minimum atomic E-state index is -0.646. The van der Waals surface area contributed by atoms with Crippen molar-refractivity contribution in [1.82, 2.24) is 0 Å². The molecule has 0 saturated heterocycles. The minimum Gasteiger partial charge on any atom is -0.390 e. The molecule has 0 aromatic rings. The van der Waals surface area contributed by atoms with Gasteiger partial charge < -0.3 is 15.6 Å². The van der Waals surface area contributed by atoms with Crippen molar-refractivity contribution in [2.75, 3.05) is 20.3 Å². The fraction of sp³-hybridized carbons (Fsp3) is 1.00. The van der Waals surface area contributed by atoms with Crippen LogP contribution in [0.5, 0.6) is 0 Å². The third kappa shape index (κ3) is 4.04. The van der Waals surface area contributed by atoms with Crippen LogP contribution >= 0.6 is 0 Å². The molecule has 0 aromatic heterocycles. The molecule has 0 amide bonds. The summed E-state index contributed by atoms with van der Waals surface area (Å²) in [5.74, 6) is 0.237. The van der Waals surface area contributed by atoms with Crippen LogP contribution in [-0.4, -0.2) is 31.0 Å². The molecule has 0 fully saturated rings. The lowest BCUT2D eigenvalue weighted by Gasteiger charge is -2.29. The number of methoxy groups -OCH3 is 1. The van der Waals surface area contributed by atoms with Crippen molar-refractivity contribution in [2.45, 2.75) is 32.3 Å². The number of ether oxygens (including phenoxy) is 1. The normalized spacial score (nSPS) is 18.8. The Morgan fingerprint density at radius 2 is 2.17 bits per heavy atom. The van der Waals surface area contributed by atoms with Gasteiger partial charge in [-0.2, -0.15) is 0 Å². The summed E-state index contributed by atoms with van der Waals surface area (Å²) in [7, 11) is 1.67. The van der Waals surface area contributed by atoms with Gasteiger partial charge in [0.25, 0.3) is 0 Å². The lowest BCUT2D eigenvalue weighted by molar-refractivity contribution is -0.0110. The lowest BCUT2D eigenvalue weighted by atomic mass is 9.86. The zero-order valence-electron chi connectivity index (χ0n) is 8.34. The highest BCUT2D eigenvalue weighted by atomic mass is 16.5. The molecule has 74 valence electrons. The molecule has 3 N–H and O–H groups in total. The fourth-order valence-electron chi connectivity index (χ4n) is 1.14. The van der Waals surface area contributed by atoms with Crippen LogP contribution in [0.25, 0.3) is 0 Å². The number of rotatable bonds is 6. The molecule has 0 rings (SSSR count). The highest BCUT2D eigenvalue weighted by Gasteiger charge is 2.26. The average Bonchev–Trinajstić information content (AvgIpc) is 2.00. The van der Waals surface area contributed by atoms with E-state index in [2.05, 4.69) is 0 Å². The van der Waals surface area contributed by atoms with Gasteiger partial charge in [-0.15, -0.1) is 0 Å². The van der Waals surface area contributed by atoms with Gasteiger partial charge in [0.1, 0.15) is 0 Å². The van der Waals surface area contributed by atoms with Crippen molar-refractivity contribution in [2.24, 2.45) is 11.7 Å². The smallest absolute Gasteiger partial charge is 0.0658 e. The Morgan fingerprint density at radius 3 is 2.58 bits per heavy atom. The van der Waals surface area contributed by atoms with Crippen LogP contribution in [0, 0.1) is 5.92 Å². The third-order valence-electron chi connectivity index (χ3n) is 2.47. The predicted octanol–water partition coefficient (Wildman–Crippen LogP) is 0.759. The average molecular weight is 175 g/mol. The van der Waals surface area contributed by atoms with Gasteiger partial charge in [0, 0.05) is 13.7 Å². The van der Waals surface area contributed by atoms with Crippen LogP contribution in [0.2, 0.25) is 0 Å². The topological polar surface area (TPSA) is 55.5 Å². The van der Waals surface area contributed by atoms with Gasteiger partial charge in [-0.3, -0.25) is 0 Å². The Morgan fingerprint density at radius 1 is 1.58 bits per heavy atom. The molecule has 0 aliphatic carbocycles. The van der Waals surface area contributed by atoms with E-state index in [1.807, 2.05) is 13.8 Å².